The zero-order valence-corrected chi connectivity index (χ0v) is 11.0. The summed E-state index contributed by atoms with van der Waals surface area (Å²) in [5.41, 5.74) is 1.18. The zero-order valence-electron chi connectivity index (χ0n) is 11.0. The van der Waals surface area contributed by atoms with Crippen LogP contribution in [-0.2, 0) is 6.61 Å². The van der Waals surface area contributed by atoms with Crippen LogP contribution in [-0.4, -0.2) is 26.4 Å². The minimum atomic E-state index is -1.24. The highest BCUT2D eigenvalue weighted by atomic mass is 16.4. The average molecular weight is 288 g/mol. The second-order valence-corrected chi connectivity index (χ2v) is 4.81. The van der Waals surface area contributed by atoms with Gasteiger partial charge in [-0.3, -0.25) is 0 Å². The number of benzene rings is 2. The molecule has 0 atom stereocenters. The number of aromatic hydroxyl groups is 2. The lowest BCUT2D eigenvalue weighted by Crippen LogP contribution is -2.00. The van der Waals surface area contributed by atoms with Gasteiger partial charge in [-0.05, 0) is 24.1 Å². The molecule has 0 unspecified atom stereocenters. The first-order valence-electron chi connectivity index (χ1n) is 6.19. The molecule has 0 spiro atoms. The van der Waals surface area contributed by atoms with Crippen LogP contribution in [0.4, 0.5) is 0 Å². The van der Waals surface area contributed by atoms with E-state index in [4.69, 9.17) is 4.42 Å². The van der Waals surface area contributed by atoms with Crippen LogP contribution in [0.3, 0.4) is 0 Å². The highest BCUT2D eigenvalue weighted by molar-refractivity contribution is 6.12. The normalized spacial score (nSPS) is 11.3. The zero-order chi connectivity index (χ0) is 15.3. The number of hydrogen-bond donors (Lipinski definition) is 4. The van der Waals surface area contributed by atoms with E-state index in [9.17, 15) is 25.2 Å². The minimum Gasteiger partial charge on any atom is -0.508 e. The number of aliphatic hydroxyl groups excluding tert-OH is 1. The standard InChI is InChI=1S/C15H12O6/c1-6-12(15(19)20)9(18)4-11-13(6)14-7(5-16)2-8(17)3-10(14)21-11/h2-4,16-18H,5H2,1H3,(H,19,20). The van der Waals surface area contributed by atoms with Gasteiger partial charge in [-0.15, -0.1) is 0 Å². The molecule has 0 saturated heterocycles. The van der Waals surface area contributed by atoms with E-state index >= 15 is 0 Å². The summed E-state index contributed by atoms with van der Waals surface area (Å²) in [6.07, 6.45) is 0. The molecule has 0 fully saturated rings. The number of carbonyl (C=O) groups is 1. The fourth-order valence-corrected chi connectivity index (χ4v) is 2.70. The molecule has 0 bridgehead atoms. The van der Waals surface area contributed by atoms with Gasteiger partial charge >= 0.3 is 5.97 Å². The van der Waals surface area contributed by atoms with Crippen molar-refractivity contribution >= 4 is 27.9 Å². The highest BCUT2D eigenvalue weighted by Gasteiger charge is 2.22. The van der Waals surface area contributed by atoms with Crippen molar-refractivity contribution in [3.8, 4) is 11.5 Å². The number of rotatable bonds is 2. The summed E-state index contributed by atoms with van der Waals surface area (Å²) in [5.74, 6) is -1.70. The summed E-state index contributed by atoms with van der Waals surface area (Å²) in [6, 6.07) is 4.00. The maximum atomic E-state index is 11.3. The number of aromatic carboxylic acids is 1. The van der Waals surface area contributed by atoms with Crippen LogP contribution in [0.5, 0.6) is 11.5 Å². The molecule has 0 amide bonds. The second-order valence-electron chi connectivity index (χ2n) is 4.81. The molecule has 4 N–H and O–H groups in total. The molecule has 0 aliphatic heterocycles. The van der Waals surface area contributed by atoms with Crippen LogP contribution in [0.1, 0.15) is 21.5 Å². The van der Waals surface area contributed by atoms with Crippen molar-refractivity contribution in [1.29, 1.82) is 0 Å². The fraction of sp³-hybridized carbons (Fsp3) is 0.133. The lowest BCUT2D eigenvalue weighted by Gasteiger charge is -2.06. The van der Waals surface area contributed by atoms with Crippen molar-refractivity contribution in [2.24, 2.45) is 0 Å². The molecular weight excluding hydrogens is 276 g/mol. The Morgan fingerprint density at radius 3 is 2.43 bits per heavy atom. The quantitative estimate of drug-likeness (QED) is 0.576. The smallest absolute Gasteiger partial charge is 0.339 e. The van der Waals surface area contributed by atoms with Gasteiger partial charge in [-0.1, -0.05) is 0 Å². The number of furan rings is 1. The summed E-state index contributed by atoms with van der Waals surface area (Å²) >= 11 is 0. The first kappa shape index (κ1) is 13.3. The minimum absolute atomic E-state index is 0.0639. The molecule has 1 aromatic heterocycles. The molecule has 108 valence electrons. The molecule has 3 rings (SSSR count). The Bertz CT molecular complexity index is 890. The lowest BCUT2D eigenvalue weighted by molar-refractivity contribution is 0.0693. The van der Waals surface area contributed by atoms with E-state index in [2.05, 4.69) is 0 Å². The van der Waals surface area contributed by atoms with Crippen LogP contribution in [0.25, 0.3) is 21.9 Å². The average Bonchev–Trinajstić information content (AvgIpc) is 2.74. The Kier molecular flexibility index (Phi) is 2.77. The maximum absolute atomic E-state index is 11.3. The topological polar surface area (TPSA) is 111 Å². The number of carboxylic acids is 1. The molecule has 0 aliphatic rings. The van der Waals surface area contributed by atoms with Gasteiger partial charge in [0.2, 0.25) is 0 Å². The number of hydrogen-bond acceptors (Lipinski definition) is 5. The van der Waals surface area contributed by atoms with Crippen LogP contribution >= 0.6 is 0 Å². The van der Waals surface area contributed by atoms with Crippen molar-refractivity contribution < 1.29 is 29.6 Å². The van der Waals surface area contributed by atoms with E-state index in [1.165, 1.54) is 18.2 Å². The van der Waals surface area contributed by atoms with Gasteiger partial charge in [0, 0.05) is 22.9 Å². The predicted octanol–water partition coefficient (Wildman–Crippen LogP) is 2.50. The number of fused-ring (bicyclic) bond motifs is 3. The summed E-state index contributed by atoms with van der Waals surface area (Å²) in [6.45, 7) is 1.23. The summed E-state index contributed by atoms with van der Waals surface area (Å²) < 4.78 is 5.55. The van der Waals surface area contributed by atoms with E-state index in [-0.39, 0.29) is 23.7 Å². The monoisotopic (exact) mass is 288 g/mol. The largest absolute Gasteiger partial charge is 0.508 e. The Hall–Kier alpha value is -2.73. The molecule has 6 heteroatoms. The van der Waals surface area contributed by atoms with Crippen molar-refractivity contribution in [2.75, 3.05) is 0 Å². The summed E-state index contributed by atoms with van der Waals surface area (Å²) in [5, 5.41) is 39.1. The predicted molar refractivity (Wildman–Crippen MR) is 74.7 cm³/mol. The van der Waals surface area contributed by atoms with Gasteiger partial charge in [0.25, 0.3) is 0 Å². The third kappa shape index (κ3) is 1.80. The number of carboxylic acid groups (broad SMARTS) is 1. The van der Waals surface area contributed by atoms with E-state index in [1.54, 1.807) is 6.92 Å². The van der Waals surface area contributed by atoms with E-state index < -0.39 is 5.97 Å². The molecule has 3 aromatic rings. The van der Waals surface area contributed by atoms with Gasteiger partial charge in [-0.2, -0.15) is 0 Å². The number of phenolic OH excluding ortho intramolecular Hbond substituents is 1. The van der Waals surface area contributed by atoms with Crippen molar-refractivity contribution in [3.05, 3.63) is 34.9 Å². The van der Waals surface area contributed by atoms with Crippen molar-refractivity contribution in [2.45, 2.75) is 13.5 Å². The van der Waals surface area contributed by atoms with Gasteiger partial charge in [0.1, 0.15) is 28.2 Å². The van der Waals surface area contributed by atoms with E-state index in [0.29, 0.717) is 33.1 Å². The van der Waals surface area contributed by atoms with E-state index in [1.807, 2.05) is 0 Å². The second kappa shape index (κ2) is 4.39. The third-order valence-corrected chi connectivity index (χ3v) is 3.54. The molecule has 6 nitrogen and oxygen atoms in total. The first-order valence-corrected chi connectivity index (χ1v) is 6.19. The van der Waals surface area contributed by atoms with Crippen LogP contribution < -0.4 is 0 Å². The number of aliphatic hydroxyl groups is 1. The SMILES string of the molecule is Cc1c(C(=O)O)c(O)cc2oc3cc(O)cc(CO)c3c12. The lowest BCUT2D eigenvalue weighted by atomic mass is 9.98. The maximum Gasteiger partial charge on any atom is 0.339 e. The molecule has 0 saturated carbocycles. The van der Waals surface area contributed by atoms with Gasteiger partial charge in [0.05, 0.1) is 6.61 Å². The fourth-order valence-electron chi connectivity index (χ4n) is 2.70. The van der Waals surface area contributed by atoms with Crippen molar-refractivity contribution in [1.82, 2.24) is 0 Å². The molecule has 21 heavy (non-hydrogen) atoms. The molecule has 0 radical (unpaired) electrons. The summed E-state index contributed by atoms with van der Waals surface area (Å²) in [4.78, 5) is 11.3. The van der Waals surface area contributed by atoms with Crippen LogP contribution in [0.15, 0.2) is 22.6 Å². The Morgan fingerprint density at radius 2 is 1.81 bits per heavy atom. The summed E-state index contributed by atoms with van der Waals surface area (Å²) in [7, 11) is 0. The third-order valence-electron chi connectivity index (χ3n) is 3.54. The Morgan fingerprint density at radius 1 is 1.14 bits per heavy atom. The Balaban J connectivity index is 2.57. The first-order chi connectivity index (χ1) is 9.93. The number of aryl methyl sites for hydroxylation is 1. The molecule has 1 heterocycles. The molecule has 2 aromatic carbocycles. The molecular formula is C15H12O6. The molecule has 0 aliphatic carbocycles. The number of phenols is 2. The van der Waals surface area contributed by atoms with Gasteiger partial charge in [0.15, 0.2) is 0 Å². The van der Waals surface area contributed by atoms with Gasteiger partial charge < -0.3 is 24.8 Å². The van der Waals surface area contributed by atoms with E-state index in [0.717, 1.165) is 0 Å². The van der Waals surface area contributed by atoms with Gasteiger partial charge in [-0.25, -0.2) is 4.79 Å². The van der Waals surface area contributed by atoms with Crippen LogP contribution in [0, 0.1) is 6.92 Å². The van der Waals surface area contributed by atoms with Crippen LogP contribution in [0.2, 0.25) is 0 Å². The van der Waals surface area contributed by atoms with Crippen molar-refractivity contribution in [3.63, 3.8) is 0 Å². The Labute approximate surface area is 118 Å². The highest BCUT2D eigenvalue weighted by Crippen LogP contribution is 2.39.